The normalized spacial score (nSPS) is 19.6. The third-order valence-corrected chi connectivity index (χ3v) is 4.19. The van der Waals surface area contributed by atoms with Crippen molar-refractivity contribution >= 4 is 24.3 Å². The van der Waals surface area contributed by atoms with Crippen LogP contribution in [0, 0.1) is 0 Å². The molecule has 1 aliphatic rings. The van der Waals surface area contributed by atoms with E-state index < -0.39 is 24.3 Å². The van der Waals surface area contributed by atoms with Gasteiger partial charge in [0.05, 0.1) is 16.8 Å². The molecule has 1 aromatic rings. The van der Waals surface area contributed by atoms with E-state index in [0.717, 1.165) is 0 Å². The summed E-state index contributed by atoms with van der Waals surface area (Å²) in [5, 5.41) is 9.04. The maximum Gasteiger partial charge on any atom is 0.495 e. The van der Waals surface area contributed by atoms with Crippen LogP contribution in [0.25, 0.3) is 0 Å². The molecule has 2 rings (SSSR count). The van der Waals surface area contributed by atoms with Gasteiger partial charge in [-0.05, 0) is 52.2 Å². The van der Waals surface area contributed by atoms with Crippen molar-refractivity contribution < 1.29 is 24.0 Å². The van der Waals surface area contributed by atoms with Crippen molar-refractivity contribution in [3.8, 4) is 0 Å². The number of benzene rings is 1. The average Bonchev–Trinajstić information content (AvgIpc) is 2.57. The number of carboxylic acids is 1. The quantitative estimate of drug-likeness (QED) is 0.679. The molecule has 1 heterocycles. The fourth-order valence-corrected chi connectivity index (χ4v) is 2.17. The lowest BCUT2D eigenvalue weighted by atomic mass is 9.74. The van der Waals surface area contributed by atoms with Crippen molar-refractivity contribution in [2.75, 3.05) is 0 Å². The van der Waals surface area contributed by atoms with Gasteiger partial charge in [-0.1, -0.05) is 6.07 Å². The number of carboxylic acid groups (broad SMARTS) is 1. The minimum absolute atomic E-state index is 0.0699. The molecule has 5 nitrogen and oxygen atoms in total. The molecule has 0 amide bonds. The molecular formula is C15H19BO5. The van der Waals surface area contributed by atoms with Gasteiger partial charge in [-0.15, -0.1) is 0 Å². The largest absolute Gasteiger partial charge is 0.495 e. The summed E-state index contributed by atoms with van der Waals surface area (Å²) in [5.74, 6) is -1.29. The molecule has 0 radical (unpaired) electrons. The number of ketones is 1. The maximum absolute atomic E-state index is 11.8. The van der Waals surface area contributed by atoms with Gasteiger partial charge in [-0.3, -0.25) is 4.79 Å². The van der Waals surface area contributed by atoms with Gasteiger partial charge < -0.3 is 14.4 Å². The van der Waals surface area contributed by atoms with Crippen molar-refractivity contribution in [1.29, 1.82) is 0 Å². The van der Waals surface area contributed by atoms with Gasteiger partial charge in [0.25, 0.3) is 0 Å². The van der Waals surface area contributed by atoms with Gasteiger partial charge >= 0.3 is 13.1 Å². The number of carbonyl (C=O) groups is 2. The second kappa shape index (κ2) is 4.96. The van der Waals surface area contributed by atoms with Crippen LogP contribution in [0.15, 0.2) is 18.2 Å². The van der Waals surface area contributed by atoms with E-state index in [1.54, 1.807) is 6.07 Å². The Balaban J connectivity index is 2.46. The Labute approximate surface area is 124 Å². The highest BCUT2D eigenvalue weighted by Gasteiger charge is 2.52. The molecule has 1 N–H and O–H groups in total. The third-order valence-electron chi connectivity index (χ3n) is 4.19. The summed E-state index contributed by atoms with van der Waals surface area (Å²) in [7, 11) is -0.684. The Morgan fingerprint density at radius 3 is 2.05 bits per heavy atom. The van der Waals surface area contributed by atoms with Crippen molar-refractivity contribution in [3.05, 3.63) is 29.3 Å². The summed E-state index contributed by atoms with van der Waals surface area (Å²) in [4.78, 5) is 22.9. The molecule has 0 saturated carbocycles. The molecule has 1 aromatic carbocycles. The monoisotopic (exact) mass is 290 g/mol. The molecule has 0 spiro atoms. The number of hydrogen-bond acceptors (Lipinski definition) is 4. The molecule has 1 saturated heterocycles. The van der Waals surface area contributed by atoms with E-state index in [9.17, 15) is 9.59 Å². The van der Waals surface area contributed by atoms with Crippen LogP contribution in [0.1, 0.15) is 55.3 Å². The molecular weight excluding hydrogens is 271 g/mol. The standard InChI is InChI=1S/C15H19BO5/c1-9(17)11-8-10(13(18)19)6-7-12(11)16-20-14(2,3)15(4,5)21-16/h6-8H,1-5H3,(H,18,19). The first kappa shape index (κ1) is 15.7. The highest BCUT2D eigenvalue weighted by molar-refractivity contribution is 6.63. The van der Waals surface area contributed by atoms with E-state index in [4.69, 9.17) is 14.4 Å². The Kier molecular flexibility index (Phi) is 3.72. The minimum Gasteiger partial charge on any atom is -0.478 e. The fourth-order valence-electron chi connectivity index (χ4n) is 2.17. The van der Waals surface area contributed by atoms with Crippen molar-refractivity contribution in [2.24, 2.45) is 0 Å². The lowest BCUT2D eigenvalue weighted by Crippen LogP contribution is -2.41. The van der Waals surface area contributed by atoms with Crippen LogP contribution >= 0.6 is 0 Å². The van der Waals surface area contributed by atoms with Crippen molar-refractivity contribution in [2.45, 2.75) is 45.8 Å². The van der Waals surface area contributed by atoms with E-state index in [1.165, 1.54) is 19.1 Å². The number of hydrogen-bond donors (Lipinski definition) is 1. The number of carbonyl (C=O) groups excluding carboxylic acids is 1. The van der Waals surface area contributed by atoms with Crippen LogP contribution in [0.2, 0.25) is 0 Å². The summed E-state index contributed by atoms with van der Waals surface area (Å²) in [5.41, 5.74) is -0.0889. The summed E-state index contributed by atoms with van der Waals surface area (Å²) in [6.45, 7) is 9.09. The van der Waals surface area contributed by atoms with Gasteiger partial charge in [0, 0.05) is 5.56 Å². The van der Waals surface area contributed by atoms with Gasteiger partial charge in [0.1, 0.15) is 0 Å². The molecule has 0 atom stereocenters. The predicted molar refractivity (Wildman–Crippen MR) is 79.1 cm³/mol. The van der Waals surface area contributed by atoms with E-state index in [2.05, 4.69) is 0 Å². The zero-order chi connectivity index (χ0) is 16.0. The SMILES string of the molecule is CC(=O)c1cc(C(=O)O)ccc1B1OC(C)(C)C(C)(C)O1. The summed E-state index contributed by atoms with van der Waals surface area (Å²) in [6, 6.07) is 4.41. The third kappa shape index (κ3) is 2.73. The number of aromatic carboxylic acids is 1. The van der Waals surface area contributed by atoms with Gasteiger partial charge in [0.15, 0.2) is 5.78 Å². The van der Waals surface area contributed by atoms with Crippen molar-refractivity contribution in [1.82, 2.24) is 0 Å². The second-order valence-corrected chi connectivity index (χ2v) is 6.25. The molecule has 0 aromatic heterocycles. The van der Waals surface area contributed by atoms with Crippen LogP contribution < -0.4 is 5.46 Å². The van der Waals surface area contributed by atoms with Gasteiger partial charge in [-0.2, -0.15) is 0 Å². The summed E-state index contributed by atoms with van der Waals surface area (Å²) >= 11 is 0. The number of Topliss-reactive ketones (excluding diaryl/α,β-unsaturated/α-hetero) is 1. The van der Waals surface area contributed by atoms with E-state index >= 15 is 0 Å². The first-order valence-corrected chi connectivity index (χ1v) is 6.79. The molecule has 1 aliphatic heterocycles. The zero-order valence-electron chi connectivity index (χ0n) is 12.9. The Hall–Kier alpha value is -1.66. The Bertz CT molecular complexity index is 590. The lowest BCUT2D eigenvalue weighted by molar-refractivity contribution is 0.00578. The summed E-state index contributed by atoms with van der Waals surface area (Å²) in [6.07, 6.45) is 0. The van der Waals surface area contributed by atoms with Crippen LogP contribution in [-0.2, 0) is 9.31 Å². The van der Waals surface area contributed by atoms with Gasteiger partial charge in [-0.25, -0.2) is 4.79 Å². The highest BCUT2D eigenvalue weighted by Crippen LogP contribution is 2.36. The Morgan fingerprint density at radius 2 is 1.62 bits per heavy atom. The van der Waals surface area contributed by atoms with Crippen LogP contribution in [0.3, 0.4) is 0 Å². The smallest absolute Gasteiger partial charge is 0.478 e. The molecule has 0 aliphatic carbocycles. The maximum atomic E-state index is 11.8. The van der Waals surface area contributed by atoms with Crippen molar-refractivity contribution in [3.63, 3.8) is 0 Å². The zero-order valence-corrected chi connectivity index (χ0v) is 12.9. The minimum atomic E-state index is -1.07. The average molecular weight is 290 g/mol. The van der Waals surface area contributed by atoms with E-state index in [0.29, 0.717) is 11.0 Å². The number of rotatable bonds is 3. The Morgan fingerprint density at radius 1 is 1.10 bits per heavy atom. The molecule has 0 bridgehead atoms. The van der Waals surface area contributed by atoms with E-state index in [-0.39, 0.29) is 11.3 Å². The molecule has 112 valence electrons. The fraction of sp³-hybridized carbons (Fsp3) is 0.467. The first-order valence-electron chi connectivity index (χ1n) is 6.79. The second-order valence-electron chi connectivity index (χ2n) is 6.25. The van der Waals surface area contributed by atoms with Crippen LogP contribution in [0.5, 0.6) is 0 Å². The highest BCUT2D eigenvalue weighted by atomic mass is 16.7. The molecule has 6 heteroatoms. The molecule has 1 fully saturated rings. The lowest BCUT2D eigenvalue weighted by Gasteiger charge is -2.32. The predicted octanol–water partition coefficient (Wildman–Crippen LogP) is 1.89. The molecule has 0 unspecified atom stereocenters. The van der Waals surface area contributed by atoms with Gasteiger partial charge in [0.2, 0.25) is 0 Å². The van der Waals surface area contributed by atoms with E-state index in [1.807, 2.05) is 27.7 Å². The topological polar surface area (TPSA) is 72.8 Å². The van der Waals surface area contributed by atoms with Crippen LogP contribution in [0.4, 0.5) is 0 Å². The first-order chi connectivity index (χ1) is 9.55. The van der Waals surface area contributed by atoms with Crippen LogP contribution in [-0.4, -0.2) is 35.2 Å². The summed E-state index contributed by atoms with van der Waals surface area (Å²) < 4.78 is 11.8. The molecule has 21 heavy (non-hydrogen) atoms.